The zero-order valence-electron chi connectivity index (χ0n) is 9.16. The molecule has 0 fully saturated rings. The summed E-state index contributed by atoms with van der Waals surface area (Å²) in [5.74, 6) is 0. The lowest BCUT2D eigenvalue weighted by Crippen LogP contribution is -2.36. The Kier molecular flexibility index (Phi) is 6.80. The molecule has 0 radical (unpaired) electrons. The fourth-order valence-electron chi connectivity index (χ4n) is 0.929. The molecule has 0 rings (SSSR count). The second kappa shape index (κ2) is 7.02. The topological polar surface area (TPSA) is 24.5 Å². The van der Waals surface area contributed by atoms with Crippen LogP contribution in [0.2, 0.25) is 0 Å². The van der Waals surface area contributed by atoms with E-state index in [4.69, 9.17) is 0 Å². The van der Waals surface area contributed by atoms with Gasteiger partial charge in [0, 0.05) is 19.6 Å². The SMILES string of the molecule is CN(CCNCC(F)(F)F)CCOC(F)(F)F. The molecule has 0 aromatic heterocycles. The Morgan fingerprint density at radius 1 is 1.06 bits per heavy atom. The van der Waals surface area contributed by atoms with Crippen LogP contribution in [0.3, 0.4) is 0 Å². The van der Waals surface area contributed by atoms with E-state index in [1.807, 2.05) is 0 Å². The van der Waals surface area contributed by atoms with Crippen molar-refractivity contribution in [3.8, 4) is 0 Å². The molecule has 0 saturated heterocycles. The van der Waals surface area contributed by atoms with Gasteiger partial charge in [0.25, 0.3) is 0 Å². The highest BCUT2D eigenvalue weighted by Gasteiger charge is 2.28. The third kappa shape index (κ3) is 13.4. The van der Waals surface area contributed by atoms with Gasteiger partial charge in [0.1, 0.15) is 0 Å². The molecule has 0 aromatic carbocycles. The first-order valence-corrected chi connectivity index (χ1v) is 4.77. The lowest BCUT2D eigenvalue weighted by atomic mass is 10.5. The van der Waals surface area contributed by atoms with Crippen molar-refractivity contribution in [2.24, 2.45) is 0 Å². The molecule has 0 aliphatic heterocycles. The van der Waals surface area contributed by atoms with Crippen LogP contribution in [0.15, 0.2) is 0 Å². The van der Waals surface area contributed by atoms with Gasteiger partial charge in [-0.15, -0.1) is 13.2 Å². The van der Waals surface area contributed by atoms with Crippen LogP contribution < -0.4 is 5.32 Å². The third-order valence-corrected chi connectivity index (χ3v) is 1.73. The van der Waals surface area contributed by atoms with E-state index in [2.05, 4.69) is 10.1 Å². The zero-order chi connectivity index (χ0) is 13.5. The summed E-state index contributed by atoms with van der Waals surface area (Å²) in [7, 11) is 1.50. The second-order valence-corrected chi connectivity index (χ2v) is 3.39. The van der Waals surface area contributed by atoms with Crippen LogP contribution in [0.4, 0.5) is 26.3 Å². The highest BCUT2D eigenvalue weighted by Crippen LogP contribution is 2.15. The predicted molar refractivity (Wildman–Crippen MR) is 48.4 cm³/mol. The minimum absolute atomic E-state index is 0.00674. The van der Waals surface area contributed by atoms with Crippen LogP contribution >= 0.6 is 0 Å². The maximum absolute atomic E-state index is 11.7. The smallest absolute Gasteiger partial charge is 0.307 e. The molecule has 0 aliphatic carbocycles. The Morgan fingerprint density at radius 2 is 1.65 bits per heavy atom. The van der Waals surface area contributed by atoms with Gasteiger partial charge in [-0.1, -0.05) is 0 Å². The number of likely N-dealkylation sites (N-methyl/N-ethyl adjacent to an activating group) is 1. The normalized spacial score (nSPS) is 13.4. The van der Waals surface area contributed by atoms with E-state index in [9.17, 15) is 26.3 Å². The average molecular weight is 268 g/mol. The second-order valence-electron chi connectivity index (χ2n) is 3.39. The summed E-state index contributed by atoms with van der Waals surface area (Å²) >= 11 is 0. The molecule has 0 unspecified atom stereocenters. The number of nitrogens with zero attached hydrogens (tertiary/aromatic N) is 1. The lowest BCUT2D eigenvalue weighted by molar-refractivity contribution is -0.324. The van der Waals surface area contributed by atoms with E-state index in [-0.39, 0.29) is 19.6 Å². The first-order valence-electron chi connectivity index (χ1n) is 4.77. The van der Waals surface area contributed by atoms with Gasteiger partial charge >= 0.3 is 12.5 Å². The fourth-order valence-corrected chi connectivity index (χ4v) is 0.929. The number of hydrogen-bond acceptors (Lipinski definition) is 3. The molecular formula is C8H14F6N2O. The summed E-state index contributed by atoms with van der Waals surface area (Å²) < 4.78 is 73.3. The van der Waals surface area contributed by atoms with Gasteiger partial charge in [0.2, 0.25) is 0 Å². The minimum Gasteiger partial charge on any atom is -0.307 e. The van der Waals surface area contributed by atoms with Crippen molar-refractivity contribution in [3.63, 3.8) is 0 Å². The van der Waals surface area contributed by atoms with Crippen molar-refractivity contribution >= 4 is 0 Å². The number of rotatable bonds is 7. The van der Waals surface area contributed by atoms with Gasteiger partial charge in [-0.2, -0.15) is 13.2 Å². The molecule has 0 aliphatic rings. The van der Waals surface area contributed by atoms with E-state index in [0.29, 0.717) is 0 Å². The molecule has 0 bridgehead atoms. The van der Waals surface area contributed by atoms with Crippen molar-refractivity contribution in [3.05, 3.63) is 0 Å². The van der Waals surface area contributed by atoms with Crippen LogP contribution in [-0.2, 0) is 4.74 Å². The summed E-state index contributed by atoms with van der Waals surface area (Å²) in [6.45, 7) is -1.41. The molecule has 0 aromatic rings. The van der Waals surface area contributed by atoms with Crippen LogP contribution in [0, 0.1) is 0 Å². The number of nitrogens with one attached hydrogen (secondary N) is 1. The average Bonchev–Trinajstić information content (AvgIpc) is 2.09. The van der Waals surface area contributed by atoms with Gasteiger partial charge in [-0.25, -0.2) is 0 Å². The van der Waals surface area contributed by atoms with Gasteiger partial charge in [0.05, 0.1) is 13.2 Å². The maximum atomic E-state index is 11.7. The van der Waals surface area contributed by atoms with Gasteiger partial charge in [0.15, 0.2) is 0 Å². The summed E-state index contributed by atoms with van der Waals surface area (Å²) in [4.78, 5) is 1.44. The highest BCUT2D eigenvalue weighted by molar-refractivity contribution is 4.58. The molecule has 0 saturated carbocycles. The Morgan fingerprint density at radius 3 is 2.12 bits per heavy atom. The van der Waals surface area contributed by atoms with Crippen LogP contribution in [0.25, 0.3) is 0 Å². The van der Waals surface area contributed by atoms with Crippen molar-refractivity contribution in [2.75, 3.05) is 39.8 Å². The van der Waals surface area contributed by atoms with Crippen LogP contribution in [0.5, 0.6) is 0 Å². The molecule has 0 atom stereocenters. The van der Waals surface area contributed by atoms with Gasteiger partial charge in [-0.3, -0.25) is 4.74 Å². The molecule has 0 amide bonds. The van der Waals surface area contributed by atoms with E-state index < -0.39 is 25.7 Å². The molecule has 1 N–H and O–H groups in total. The molecule has 0 heterocycles. The fraction of sp³-hybridized carbons (Fsp3) is 1.00. The van der Waals surface area contributed by atoms with Crippen molar-refractivity contribution in [1.29, 1.82) is 0 Å². The van der Waals surface area contributed by atoms with Gasteiger partial charge in [-0.05, 0) is 7.05 Å². The Bertz CT molecular complexity index is 205. The Labute approximate surface area is 94.7 Å². The summed E-state index contributed by atoms with van der Waals surface area (Å²) in [5.41, 5.74) is 0. The summed E-state index contributed by atoms with van der Waals surface area (Å²) in [6.07, 6.45) is -8.95. The zero-order valence-corrected chi connectivity index (χ0v) is 9.16. The molecule has 3 nitrogen and oxygen atoms in total. The quantitative estimate of drug-likeness (QED) is 0.561. The predicted octanol–water partition coefficient (Wildman–Crippen LogP) is 1.61. The lowest BCUT2D eigenvalue weighted by Gasteiger charge is -2.17. The summed E-state index contributed by atoms with van der Waals surface area (Å²) in [6, 6.07) is 0. The standard InChI is InChI=1S/C8H14F6N2O/c1-16(4-5-17-8(12,13)14)3-2-15-6-7(9,10)11/h15H,2-6H2,1H3. The van der Waals surface area contributed by atoms with Gasteiger partial charge < -0.3 is 10.2 Å². The van der Waals surface area contributed by atoms with E-state index in [0.717, 1.165) is 0 Å². The van der Waals surface area contributed by atoms with Crippen molar-refractivity contribution < 1.29 is 31.1 Å². The largest absolute Gasteiger partial charge is 0.522 e. The highest BCUT2D eigenvalue weighted by atomic mass is 19.4. The molecule has 0 spiro atoms. The first-order chi connectivity index (χ1) is 7.60. The number of hydrogen-bond donors (Lipinski definition) is 1. The third-order valence-electron chi connectivity index (χ3n) is 1.73. The van der Waals surface area contributed by atoms with Crippen LogP contribution in [0.1, 0.15) is 0 Å². The van der Waals surface area contributed by atoms with Crippen molar-refractivity contribution in [2.45, 2.75) is 12.5 Å². The van der Waals surface area contributed by atoms with E-state index >= 15 is 0 Å². The minimum atomic E-state index is -4.67. The number of halogens is 6. The molecule has 104 valence electrons. The van der Waals surface area contributed by atoms with Crippen molar-refractivity contribution in [1.82, 2.24) is 10.2 Å². The first kappa shape index (κ1) is 16.5. The maximum Gasteiger partial charge on any atom is 0.522 e. The Hall–Kier alpha value is -0.540. The number of alkyl halides is 6. The molecule has 9 heteroatoms. The van der Waals surface area contributed by atoms with E-state index in [1.54, 1.807) is 0 Å². The molecule has 17 heavy (non-hydrogen) atoms. The Balaban J connectivity index is 3.44. The van der Waals surface area contributed by atoms with Crippen LogP contribution in [-0.4, -0.2) is 57.3 Å². The van der Waals surface area contributed by atoms with E-state index in [1.165, 1.54) is 11.9 Å². The summed E-state index contributed by atoms with van der Waals surface area (Å²) in [5, 5.41) is 2.13. The molecular weight excluding hydrogens is 254 g/mol. The number of ether oxygens (including phenoxy) is 1. The monoisotopic (exact) mass is 268 g/mol.